The molecule has 0 spiro atoms. The number of nitrogens with one attached hydrogen (secondary N) is 1. The molecule has 1 amide bonds. The molecule has 1 atom stereocenters. The van der Waals surface area contributed by atoms with Crippen LogP contribution in [0.5, 0.6) is 0 Å². The van der Waals surface area contributed by atoms with E-state index in [1.165, 1.54) is 7.11 Å². The minimum absolute atomic E-state index is 0.274. The molecule has 0 aliphatic rings. The van der Waals surface area contributed by atoms with Crippen molar-refractivity contribution >= 4 is 11.9 Å². The van der Waals surface area contributed by atoms with Gasteiger partial charge in [0.15, 0.2) is 0 Å². The first-order chi connectivity index (χ1) is 10.6. The fourth-order valence-corrected chi connectivity index (χ4v) is 2.25. The first-order valence-corrected chi connectivity index (χ1v) is 7.10. The summed E-state index contributed by atoms with van der Waals surface area (Å²) in [6.45, 7) is 1.86. The Hall–Kier alpha value is -2.62. The Morgan fingerprint density at radius 2 is 1.68 bits per heavy atom. The molecule has 4 nitrogen and oxygen atoms in total. The summed E-state index contributed by atoms with van der Waals surface area (Å²) in [6, 6.07) is 16.1. The molecule has 114 valence electrons. The molecule has 2 aromatic carbocycles. The van der Waals surface area contributed by atoms with Gasteiger partial charge in [-0.15, -0.1) is 0 Å². The molecule has 4 heteroatoms. The number of carbonyl (C=O) groups is 2. The molecular weight excluding hydrogens is 278 g/mol. The number of methoxy groups -OCH3 is 1. The number of amides is 1. The average molecular weight is 297 g/mol. The highest BCUT2D eigenvalue weighted by atomic mass is 16.5. The number of ether oxygens (including phenoxy) is 1. The quantitative estimate of drug-likeness (QED) is 0.863. The fraction of sp³-hybridized carbons (Fsp3) is 0.222. The number of benzene rings is 2. The number of rotatable bonds is 5. The molecule has 0 aliphatic carbocycles. The summed E-state index contributed by atoms with van der Waals surface area (Å²) in [7, 11) is 1.32. The molecule has 0 radical (unpaired) electrons. The Kier molecular flexibility index (Phi) is 5.31. The Balaban J connectivity index is 2.15. The second-order valence-electron chi connectivity index (χ2n) is 5.05. The summed E-state index contributed by atoms with van der Waals surface area (Å²) in [5, 5.41) is 2.76. The van der Waals surface area contributed by atoms with Crippen LogP contribution in [0.1, 0.15) is 21.5 Å². The predicted molar refractivity (Wildman–Crippen MR) is 84.6 cm³/mol. The Bertz CT molecular complexity index is 652. The molecular formula is C18H19NO3. The maximum Gasteiger partial charge on any atom is 0.328 e. The number of hydrogen-bond acceptors (Lipinski definition) is 3. The monoisotopic (exact) mass is 297 g/mol. The zero-order chi connectivity index (χ0) is 15.9. The first-order valence-electron chi connectivity index (χ1n) is 7.10. The van der Waals surface area contributed by atoms with E-state index in [-0.39, 0.29) is 5.91 Å². The van der Waals surface area contributed by atoms with Crippen LogP contribution in [-0.2, 0) is 16.0 Å². The molecule has 0 saturated heterocycles. The number of esters is 1. The van der Waals surface area contributed by atoms with E-state index in [1.54, 1.807) is 12.1 Å². The van der Waals surface area contributed by atoms with Crippen LogP contribution in [0, 0.1) is 6.92 Å². The summed E-state index contributed by atoms with van der Waals surface area (Å²) in [4.78, 5) is 24.3. The van der Waals surface area contributed by atoms with E-state index in [2.05, 4.69) is 5.32 Å². The van der Waals surface area contributed by atoms with E-state index >= 15 is 0 Å². The van der Waals surface area contributed by atoms with Gasteiger partial charge in [0.1, 0.15) is 6.04 Å². The summed E-state index contributed by atoms with van der Waals surface area (Å²) < 4.78 is 4.80. The topological polar surface area (TPSA) is 55.4 Å². The first kappa shape index (κ1) is 15.8. The Labute approximate surface area is 130 Å². The van der Waals surface area contributed by atoms with Crippen molar-refractivity contribution in [2.75, 3.05) is 7.11 Å². The lowest BCUT2D eigenvalue weighted by atomic mass is 10.0. The van der Waals surface area contributed by atoms with E-state index in [1.807, 2.05) is 49.4 Å². The third kappa shape index (κ3) is 3.95. The SMILES string of the molecule is COC(=O)[C@@H](Cc1ccccc1)NC(=O)c1ccccc1C. The van der Waals surface area contributed by atoms with Gasteiger partial charge in [-0.2, -0.15) is 0 Å². The van der Waals surface area contributed by atoms with Crippen LogP contribution in [-0.4, -0.2) is 25.0 Å². The van der Waals surface area contributed by atoms with Crippen molar-refractivity contribution in [1.82, 2.24) is 5.32 Å². The molecule has 0 unspecified atom stereocenters. The van der Waals surface area contributed by atoms with Gasteiger partial charge in [-0.25, -0.2) is 4.79 Å². The molecule has 22 heavy (non-hydrogen) atoms. The van der Waals surface area contributed by atoms with E-state index in [9.17, 15) is 9.59 Å². The lowest BCUT2D eigenvalue weighted by Crippen LogP contribution is -2.43. The maximum absolute atomic E-state index is 12.4. The van der Waals surface area contributed by atoms with Crippen LogP contribution >= 0.6 is 0 Å². The molecule has 0 saturated carbocycles. The highest BCUT2D eigenvalue weighted by Gasteiger charge is 2.23. The molecule has 0 aromatic heterocycles. The van der Waals surface area contributed by atoms with E-state index in [4.69, 9.17) is 4.74 Å². The van der Waals surface area contributed by atoms with Gasteiger partial charge in [-0.1, -0.05) is 48.5 Å². The molecule has 2 rings (SSSR count). The smallest absolute Gasteiger partial charge is 0.328 e. The predicted octanol–water partition coefficient (Wildman–Crippen LogP) is 2.51. The van der Waals surface area contributed by atoms with E-state index in [0.29, 0.717) is 12.0 Å². The third-order valence-electron chi connectivity index (χ3n) is 3.46. The Morgan fingerprint density at radius 3 is 2.32 bits per heavy atom. The third-order valence-corrected chi connectivity index (χ3v) is 3.46. The van der Waals surface area contributed by atoms with Crippen molar-refractivity contribution in [2.45, 2.75) is 19.4 Å². The van der Waals surface area contributed by atoms with Gasteiger partial charge in [-0.05, 0) is 24.1 Å². The van der Waals surface area contributed by atoms with Crippen molar-refractivity contribution in [3.05, 3.63) is 71.3 Å². The van der Waals surface area contributed by atoms with Crippen LogP contribution in [0.25, 0.3) is 0 Å². The van der Waals surface area contributed by atoms with Crippen LogP contribution in [0.4, 0.5) is 0 Å². The molecule has 0 fully saturated rings. The van der Waals surface area contributed by atoms with Gasteiger partial charge < -0.3 is 10.1 Å². The lowest BCUT2D eigenvalue weighted by molar-refractivity contribution is -0.142. The summed E-state index contributed by atoms with van der Waals surface area (Å²) in [6.07, 6.45) is 0.394. The van der Waals surface area contributed by atoms with Gasteiger partial charge in [0.2, 0.25) is 0 Å². The maximum atomic E-state index is 12.4. The van der Waals surface area contributed by atoms with Gasteiger partial charge >= 0.3 is 5.97 Å². The standard InChI is InChI=1S/C18H19NO3/c1-13-8-6-7-11-15(13)17(20)19-16(18(21)22-2)12-14-9-4-3-5-10-14/h3-11,16H,12H2,1-2H3,(H,19,20)/t16-/m1/s1. The summed E-state index contributed by atoms with van der Waals surface area (Å²) in [5.74, 6) is -0.727. The van der Waals surface area contributed by atoms with Gasteiger partial charge in [0, 0.05) is 12.0 Å². The number of carbonyl (C=O) groups excluding carboxylic acids is 2. The second-order valence-corrected chi connectivity index (χ2v) is 5.05. The van der Waals surface area contributed by atoms with Crippen molar-refractivity contribution < 1.29 is 14.3 Å². The van der Waals surface area contributed by atoms with E-state index in [0.717, 1.165) is 11.1 Å². The van der Waals surface area contributed by atoms with Crippen molar-refractivity contribution in [2.24, 2.45) is 0 Å². The number of hydrogen-bond donors (Lipinski definition) is 1. The second kappa shape index (κ2) is 7.41. The molecule has 1 N–H and O–H groups in total. The molecule has 2 aromatic rings. The average Bonchev–Trinajstić information content (AvgIpc) is 2.54. The minimum Gasteiger partial charge on any atom is -0.467 e. The largest absolute Gasteiger partial charge is 0.467 e. The lowest BCUT2D eigenvalue weighted by Gasteiger charge is -2.17. The summed E-state index contributed by atoms with van der Waals surface area (Å²) >= 11 is 0. The van der Waals surface area contributed by atoms with E-state index < -0.39 is 12.0 Å². The molecule has 0 heterocycles. The fourth-order valence-electron chi connectivity index (χ4n) is 2.25. The van der Waals surface area contributed by atoms with Gasteiger partial charge in [0.05, 0.1) is 7.11 Å². The van der Waals surface area contributed by atoms with Crippen molar-refractivity contribution in [1.29, 1.82) is 0 Å². The Morgan fingerprint density at radius 1 is 1.05 bits per heavy atom. The zero-order valence-corrected chi connectivity index (χ0v) is 12.7. The van der Waals surface area contributed by atoms with Crippen LogP contribution in [0.3, 0.4) is 0 Å². The number of aryl methyl sites for hydroxylation is 1. The van der Waals surface area contributed by atoms with Gasteiger partial charge in [-0.3, -0.25) is 4.79 Å². The highest BCUT2D eigenvalue weighted by molar-refractivity contribution is 5.98. The van der Waals surface area contributed by atoms with Gasteiger partial charge in [0.25, 0.3) is 5.91 Å². The minimum atomic E-state index is -0.709. The highest BCUT2D eigenvalue weighted by Crippen LogP contribution is 2.09. The van der Waals surface area contributed by atoms with Crippen molar-refractivity contribution in [3.8, 4) is 0 Å². The normalized spacial score (nSPS) is 11.5. The zero-order valence-electron chi connectivity index (χ0n) is 12.7. The van der Waals surface area contributed by atoms with Crippen LogP contribution in [0.15, 0.2) is 54.6 Å². The van der Waals surface area contributed by atoms with Crippen LogP contribution < -0.4 is 5.32 Å². The summed E-state index contributed by atoms with van der Waals surface area (Å²) in [5.41, 5.74) is 2.38. The van der Waals surface area contributed by atoms with Crippen molar-refractivity contribution in [3.63, 3.8) is 0 Å². The molecule has 0 bridgehead atoms. The van der Waals surface area contributed by atoms with Crippen LogP contribution in [0.2, 0.25) is 0 Å². The molecule has 0 aliphatic heterocycles.